The molecule has 0 amide bonds. The molecule has 456 valence electrons. The van der Waals surface area contributed by atoms with E-state index in [1.165, 1.54) is 25.3 Å². The molecule has 0 radical (unpaired) electrons. The van der Waals surface area contributed by atoms with Gasteiger partial charge in [-0.1, -0.05) is 42.9 Å². The second-order valence-electron chi connectivity index (χ2n) is 20.1. The van der Waals surface area contributed by atoms with E-state index in [0.29, 0.717) is 67.3 Å². The van der Waals surface area contributed by atoms with Gasteiger partial charge in [-0.25, -0.2) is 8.42 Å². The van der Waals surface area contributed by atoms with E-state index in [9.17, 15) is 87.7 Å². The predicted molar refractivity (Wildman–Crippen MR) is 304 cm³/mol. The van der Waals surface area contributed by atoms with Gasteiger partial charge in [0, 0.05) is 73.0 Å². The van der Waals surface area contributed by atoms with Gasteiger partial charge in [0.05, 0.1) is 58.0 Å². The fraction of sp³-hybridized carbons (Fsp3) is 0.423. The summed E-state index contributed by atoms with van der Waals surface area (Å²) >= 11 is 0. The number of hydrogen-bond donors (Lipinski definition) is 6. The van der Waals surface area contributed by atoms with Gasteiger partial charge in [-0.05, 0) is 110 Å². The minimum absolute atomic E-state index is 0.0278. The molecule has 2 unspecified atom stereocenters. The molecule has 2 aliphatic rings. The van der Waals surface area contributed by atoms with E-state index in [1.807, 2.05) is 4.90 Å². The molecule has 4 aromatic rings. The summed E-state index contributed by atoms with van der Waals surface area (Å²) in [4.78, 5) is 9.73. The van der Waals surface area contributed by atoms with Crippen LogP contribution >= 0.6 is 0 Å². The first kappa shape index (κ1) is 66.8. The van der Waals surface area contributed by atoms with Crippen molar-refractivity contribution in [3.05, 3.63) is 108 Å². The first-order chi connectivity index (χ1) is 38.5. The maximum absolute atomic E-state index is 12.7. The summed E-state index contributed by atoms with van der Waals surface area (Å²) < 4.78 is 230. The van der Waals surface area contributed by atoms with Crippen LogP contribution in [0.4, 0.5) is 11.4 Å². The van der Waals surface area contributed by atoms with Gasteiger partial charge >= 0.3 is 5.97 Å². The van der Waals surface area contributed by atoms with Crippen molar-refractivity contribution in [2.45, 2.75) is 95.6 Å². The summed E-state index contributed by atoms with van der Waals surface area (Å²) in [6, 6.07) is 8.82. The molecule has 2 atom stereocenters. The number of hydrogen-bond acceptors (Lipinski definition) is 18. The molecule has 0 saturated heterocycles. The maximum Gasteiger partial charge on any atom is 0.303 e. The Balaban J connectivity index is 1.49. The highest BCUT2D eigenvalue weighted by Crippen LogP contribution is 2.54. The molecule has 6 rings (SSSR count). The molecule has 0 spiro atoms. The van der Waals surface area contributed by atoms with Crippen LogP contribution in [0.2, 0.25) is 0 Å². The largest absolute Gasteiger partial charge is 0.744 e. The SMILES string of the molecule is COCCOCCOCCC1(C)\C(=C/C=C/C=C/C=C/C2=[N+](CCCS(=O)(=O)O)c3ccc4c(S(=O)(=O)O)cc(S(=O)(=O)O)cc4c3C2(C)CCCS(=O)(=O)O)N(CCCCCC(=O)O)c2ccc3c(S(=O)(=O)[O-])cc(S(=O)(=O)O)cc3c21. The topological polar surface area (TPSA) is 400 Å². The number of carboxylic acids is 1. The molecule has 4 aromatic carbocycles. The zero-order chi connectivity index (χ0) is 61.6. The normalized spacial score (nSPS) is 18.8. The Hall–Kier alpha value is -5.36. The van der Waals surface area contributed by atoms with Crippen LogP contribution in [-0.4, -0.2) is 164 Å². The number of allylic oxidation sites excluding steroid dienone is 8. The van der Waals surface area contributed by atoms with Gasteiger partial charge in [-0.3, -0.25) is 27.6 Å². The Morgan fingerprint density at radius 3 is 1.75 bits per heavy atom. The van der Waals surface area contributed by atoms with Crippen molar-refractivity contribution < 1.29 is 107 Å². The van der Waals surface area contributed by atoms with Crippen LogP contribution in [0, 0.1) is 0 Å². The van der Waals surface area contributed by atoms with E-state index >= 15 is 0 Å². The lowest BCUT2D eigenvalue weighted by atomic mass is 9.74. The first-order valence-corrected chi connectivity index (χ1v) is 34.5. The highest BCUT2D eigenvalue weighted by Gasteiger charge is 2.49. The number of aliphatic carboxylic acids is 1. The highest BCUT2D eigenvalue weighted by molar-refractivity contribution is 7.87. The number of unbranched alkanes of at least 4 members (excludes halogenated alkanes) is 2. The van der Waals surface area contributed by atoms with Crippen molar-refractivity contribution >= 4 is 105 Å². The molecule has 6 N–H and O–H groups in total. The van der Waals surface area contributed by atoms with E-state index in [1.54, 1.807) is 67.0 Å². The van der Waals surface area contributed by atoms with Crippen LogP contribution in [0.15, 0.2) is 116 Å². The van der Waals surface area contributed by atoms with Crippen LogP contribution in [0.5, 0.6) is 0 Å². The number of benzene rings is 4. The van der Waals surface area contributed by atoms with Crippen molar-refractivity contribution in [3.63, 3.8) is 0 Å². The minimum atomic E-state index is -5.35. The molecule has 0 bridgehead atoms. The van der Waals surface area contributed by atoms with Crippen molar-refractivity contribution in [2.24, 2.45) is 0 Å². The number of nitrogens with zero attached hydrogens (tertiary/aromatic N) is 2. The molecule has 0 aliphatic carbocycles. The fourth-order valence-corrected chi connectivity index (χ4v) is 14.3. The number of carboxylic acid groups (broad SMARTS) is 1. The lowest BCUT2D eigenvalue weighted by molar-refractivity contribution is -0.437. The van der Waals surface area contributed by atoms with Crippen LogP contribution < -0.4 is 4.90 Å². The molecule has 25 nitrogen and oxygen atoms in total. The number of ether oxygens (including phenoxy) is 3. The van der Waals surface area contributed by atoms with Gasteiger partial charge < -0.3 is 28.8 Å². The lowest BCUT2D eigenvalue weighted by Gasteiger charge is -2.31. The van der Waals surface area contributed by atoms with Gasteiger partial charge in [0.1, 0.15) is 21.6 Å². The molecule has 83 heavy (non-hydrogen) atoms. The zero-order valence-corrected chi connectivity index (χ0v) is 50.0. The van der Waals surface area contributed by atoms with Gasteiger partial charge in [-0.2, -0.15) is 46.7 Å². The van der Waals surface area contributed by atoms with Crippen LogP contribution in [0.1, 0.15) is 76.3 Å². The zero-order valence-electron chi connectivity index (χ0n) is 45.1. The monoisotopic (exact) mass is 1280 g/mol. The van der Waals surface area contributed by atoms with E-state index in [-0.39, 0.29) is 97.8 Å². The van der Waals surface area contributed by atoms with Gasteiger partial charge in [0.15, 0.2) is 5.71 Å². The number of methoxy groups -OCH3 is 1. The Morgan fingerprint density at radius 2 is 1.16 bits per heavy atom. The van der Waals surface area contributed by atoms with E-state index in [4.69, 9.17) is 14.2 Å². The quantitative estimate of drug-likeness (QED) is 0.0146. The second kappa shape index (κ2) is 26.5. The number of fused-ring (bicyclic) bond motifs is 6. The van der Waals surface area contributed by atoms with Crippen molar-refractivity contribution in [2.75, 3.05) is 69.6 Å². The summed E-state index contributed by atoms with van der Waals surface area (Å²) in [7, 11) is -28.3. The van der Waals surface area contributed by atoms with Crippen LogP contribution in [-0.2, 0) is 90.5 Å². The molecule has 0 fully saturated rings. The van der Waals surface area contributed by atoms with Crippen molar-refractivity contribution in [1.82, 2.24) is 0 Å². The summed E-state index contributed by atoms with van der Waals surface area (Å²) in [6.07, 6.45) is 12.0. The molecular weight excluding hydrogens is 1210 g/mol. The summed E-state index contributed by atoms with van der Waals surface area (Å²) in [5.41, 5.74) is -0.454. The predicted octanol–water partition coefficient (Wildman–Crippen LogP) is 5.98. The maximum atomic E-state index is 12.7. The van der Waals surface area contributed by atoms with Crippen molar-refractivity contribution in [3.8, 4) is 0 Å². The molecule has 2 aliphatic heterocycles. The third-order valence-corrected chi connectivity index (χ3v) is 19.3. The Labute approximate surface area is 482 Å². The van der Waals surface area contributed by atoms with E-state index in [2.05, 4.69) is 0 Å². The molecule has 0 aromatic heterocycles. The fourth-order valence-electron chi connectivity index (χ4n) is 10.7. The smallest absolute Gasteiger partial charge is 0.303 e. The molecule has 2 heterocycles. The van der Waals surface area contributed by atoms with Crippen LogP contribution in [0.25, 0.3) is 21.5 Å². The average Bonchev–Trinajstić information content (AvgIpc) is 1.71. The first-order valence-electron chi connectivity index (χ1n) is 25.5. The van der Waals surface area contributed by atoms with E-state index < -0.39 is 109 Å². The number of rotatable bonds is 31. The summed E-state index contributed by atoms with van der Waals surface area (Å²) in [5, 5.41) is 8.90. The minimum Gasteiger partial charge on any atom is -0.744 e. The number of carbonyl (C=O) groups is 1. The Kier molecular flexibility index (Phi) is 21.3. The highest BCUT2D eigenvalue weighted by atomic mass is 32.2. The van der Waals surface area contributed by atoms with E-state index in [0.717, 1.165) is 12.1 Å². The van der Waals surface area contributed by atoms with Gasteiger partial charge in [0.25, 0.3) is 50.6 Å². The third-order valence-electron chi connectivity index (χ3n) is 14.3. The third kappa shape index (κ3) is 16.5. The van der Waals surface area contributed by atoms with Crippen LogP contribution in [0.3, 0.4) is 0 Å². The lowest BCUT2D eigenvalue weighted by Crippen LogP contribution is -2.32. The summed E-state index contributed by atoms with van der Waals surface area (Å²) in [6.45, 7) is 4.57. The second-order valence-corrected chi connectivity index (χ2v) is 28.8. The van der Waals surface area contributed by atoms with Gasteiger partial charge in [0.2, 0.25) is 5.69 Å². The Morgan fingerprint density at radius 1 is 0.602 bits per heavy atom. The standard InChI is InChI=1S/C52H64N2O23S6/c1-51(21-12-30-78(57,58)59)46(54(24-13-31-79(60,61)62)42-19-17-38-40(49(42)51)32-36(80(63,64)65)34-44(38)82(69,70)71)14-8-5-4-6-9-15-47-52(2,22-25-76-28-29-77-27-26-75-3)50-41-33-37(81(66,67)68)35-45(83(72,73)74)39(41)18-20-43(50)53(47)23-11-7-10-16-48(55)56/h4-6,8-9,14-15,17-20,32-35H,7,10-13,16,21-31H2,1-3H3,(H6-,55,56,57,58,59,60,61,62,63,64,65,66,67,68,69,70,71,72,73,74). The number of anilines is 1. The Bertz CT molecular complexity index is 4030. The summed E-state index contributed by atoms with van der Waals surface area (Å²) in [5.74, 6) is -2.47. The molecular formula is C52H64N2O23S6. The molecule has 0 saturated carbocycles. The van der Waals surface area contributed by atoms with Gasteiger partial charge in [-0.15, -0.1) is 0 Å². The average molecular weight is 1280 g/mol. The van der Waals surface area contributed by atoms with Crippen molar-refractivity contribution in [1.29, 1.82) is 0 Å². The molecule has 31 heteroatoms.